The molecule has 1 aromatic carbocycles. The number of rotatable bonds is 1. The van der Waals surface area contributed by atoms with Gasteiger partial charge in [0, 0.05) is 11.3 Å². The van der Waals surface area contributed by atoms with Gasteiger partial charge in [0.25, 0.3) is 5.91 Å². The maximum Gasteiger partial charge on any atom is 0.256 e. The Bertz CT molecular complexity index is 638. The Morgan fingerprint density at radius 1 is 1.35 bits per heavy atom. The number of fused-ring (bicyclic) bond motifs is 1. The topological polar surface area (TPSA) is 29.1 Å². The molecule has 0 radical (unpaired) electrons. The van der Waals surface area contributed by atoms with Crippen LogP contribution in [0.4, 0.5) is 10.1 Å². The molecule has 1 aliphatic rings. The summed E-state index contributed by atoms with van der Waals surface area (Å²) in [6, 6.07) is 4.36. The summed E-state index contributed by atoms with van der Waals surface area (Å²) in [6.07, 6.45) is 2.01. The minimum Gasteiger partial charge on any atom is -0.321 e. The van der Waals surface area contributed by atoms with E-state index >= 15 is 0 Å². The number of carbonyl (C=O) groups excluding carboxylic acids is 1. The molecule has 1 N–H and O–H groups in total. The molecule has 0 fully saturated rings. The highest BCUT2D eigenvalue weighted by Gasteiger charge is 2.26. The van der Waals surface area contributed by atoms with Crippen molar-refractivity contribution in [2.75, 3.05) is 5.32 Å². The summed E-state index contributed by atoms with van der Waals surface area (Å²) in [7, 11) is 2.05. The lowest BCUT2D eigenvalue weighted by molar-refractivity contribution is -0.110. The molecule has 0 saturated heterocycles. The Kier molecular flexibility index (Phi) is 3.59. The molecule has 0 bridgehead atoms. The zero-order valence-electron chi connectivity index (χ0n) is 12.6. The zero-order valence-corrected chi connectivity index (χ0v) is 12.6. The maximum atomic E-state index is 13.4. The van der Waals surface area contributed by atoms with Gasteiger partial charge in [-0.1, -0.05) is 26.8 Å². The molecule has 0 aliphatic carbocycles. The molecule has 1 amide bonds. The number of amides is 1. The van der Waals surface area contributed by atoms with Crippen LogP contribution in [0.5, 0.6) is 0 Å². The molecule has 104 valence electrons. The first-order chi connectivity index (χ1) is 9.20. The molecule has 1 aliphatic heterocycles. The van der Waals surface area contributed by atoms with Crippen LogP contribution in [0.3, 0.4) is 0 Å². The summed E-state index contributed by atoms with van der Waals surface area (Å²) >= 11 is 0. The minimum atomic E-state index is -0.331. The van der Waals surface area contributed by atoms with Gasteiger partial charge in [0.15, 0.2) is 0 Å². The van der Waals surface area contributed by atoms with Crippen molar-refractivity contribution in [1.82, 2.24) is 0 Å². The summed E-state index contributed by atoms with van der Waals surface area (Å²) in [4.78, 5) is 12.1. The molecule has 0 saturated carbocycles. The Balaban J connectivity index is 2.55. The van der Waals surface area contributed by atoms with E-state index in [9.17, 15) is 9.18 Å². The zero-order chi connectivity index (χ0) is 15.1. The van der Waals surface area contributed by atoms with Crippen LogP contribution >= 0.6 is 0 Å². The van der Waals surface area contributed by atoms with Crippen molar-refractivity contribution >= 4 is 25.0 Å². The molecule has 2 nitrogen and oxygen atoms in total. The number of hydrogen-bond acceptors (Lipinski definition) is 1. The molecule has 20 heavy (non-hydrogen) atoms. The molecule has 4 heteroatoms. The first-order valence-corrected chi connectivity index (χ1v) is 6.71. The van der Waals surface area contributed by atoms with Gasteiger partial charge in [0.2, 0.25) is 0 Å². The number of benzene rings is 1. The number of anilines is 1. The molecule has 1 heterocycles. The monoisotopic (exact) mass is 271 g/mol. The van der Waals surface area contributed by atoms with Gasteiger partial charge in [-0.05, 0) is 36.1 Å². The average Bonchev–Trinajstić information content (AvgIpc) is 2.63. The predicted octanol–water partition coefficient (Wildman–Crippen LogP) is 3.11. The van der Waals surface area contributed by atoms with Crippen molar-refractivity contribution in [3.63, 3.8) is 0 Å². The van der Waals surface area contributed by atoms with Gasteiger partial charge in [0.05, 0.1) is 5.57 Å². The smallest absolute Gasteiger partial charge is 0.256 e. The molecule has 0 unspecified atom stereocenters. The summed E-state index contributed by atoms with van der Waals surface area (Å²) in [5.41, 5.74) is 3.96. The van der Waals surface area contributed by atoms with E-state index in [-0.39, 0.29) is 17.1 Å². The Morgan fingerprint density at radius 2 is 2.00 bits per heavy atom. The Morgan fingerprint density at radius 3 is 2.60 bits per heavy atom. The fraction of sp³-hybridized carbons (Fsp3) is 0.312. The minimum absolute atomic E-state index is 0.0433. The van der Waals surface area contributed by atoms with Crippen LogP contribution in [0.1, 0.15) is 33.3 Å². The molecule has 0 spiro atoms. The summed E-state index contributed by atoms with van der Waals surface area (Å²) < 4.78 is 13.4. The molecule has 0 atom stereocenters. The quantitative estimate of drug-likeness (QED) is 0.617. The highest BCUT2D eigenvalue weighted by molar-refractivity contribution is 6.32. The van der Waals surface area contributed by atoms with E-state index in [0.717, 1.165) is 5.57 Å². The van der Waals surface area contributed by atoms with E-state index in [1.54, 1.807) is 6.07 Å². The van der Waals surface area contributed by atoms with Gasteiger partial charge < -0.3 is 5.32 Å². The van der Waals surface area contributed by atoms with Gasteiger partial charge in [-0.25, -0.2) is 4.39 Å². The molecule has 1 aromatic rings. The molecular weight excluding hydrogens is 252 g/mol. The second-order valence-electron chi connectivity index (χ2n) is 6.28. The van der Waals surface area contributed by atoms with E-state index in [2.05, 4.69) is 26.1 Å². The number of allylic oxidation sites excluding steroid dienone is 3. The lowest BCUT2D eigenvalue weighted by Crippen LogP contribution is -2.10. The first-order valence-electron chi connectivity index (χ1n) is 6.71. The lowest BCUT2D eigenvalue weighted by atomic mass is 9.73. The second kappa shape index (κ2) is 4.93. The third kappa shape index (κ3) is 2.69. The predicted molar refractivity (Wildman–Crippen MR) is 83.7 cm³/mol. The van der Waals surface area contributed by atoms with Crippen molar-refractivity contribution in [1.29, 1.82) is 0 Å². The Hall–Kier alpha value is -1.84. The van der Waals surface area contributed by atoms with Crippen LogP contribution in [0.2, 0.25) is 0 Å². The largest absolute Gasteiger partial charge is 0.321 e. The SMILES string of the molecule is B/C(=C/C(C)=C1\C(=O)Nc2ccc(F)cc21)C(C)(C)C. The van der Waals surface area contributed by atoms with Crippen LogP contribution in [0.15, 0.2) is 35.3 Å². The summed E-state index contributed by atoms with van der Waals surface area (Å²) in [5, 5.41) is 2.77. The van der Waals surface area contributed by atoms with Crippen LogP contribution in [-0.4, -0.2) is 13.8 Å². The molecule has 2 rings (SSSR count). The van der Waals surface area contributed by atoms with Gasteiger partial charge in [0.1, 0.15) is 13.7 Å². The van der Waals surface area contributed by atoms with Gasteiger partial charge in [-0.15, -0.1) is 5.47 Å². The first kappa shape index (κ1) is 14.6. The van der Waals surface area contributed by atoms with Gasteiger partial charge in [-0.2, -0.15) is 0 Å². The highest BCUT2D eigenvalue weighted by atomic mass is 19.1. The Labute approximate surface area is 120 Å². The van der Waals surface area contributed by atoms with Crippen LogP contribution in [0.25, 0.3) is 5.57 Å². The second-order valence-corrected chi connectivity index (χ2v) is 6.28. The number of carbonyl (C=O) groups is 1. The number of halogens is 1. The number of nitrogens with one attached hydrogen (secondary N) is 1. The number of hydrogen-bond donors (Lipinski definition) is 1. The van der Waals surface area contributed by atoms with Gasteiger partial charge in [-0.3, -0.25) is 4.79 Å². The van der Waals surface area contributed by atoms with E-state index < -0.39 is 0 Å². The summed E-state index contributed by atoms with van der Waals surface area (Å²) in [6.45, 7) is 8.27. The third-order valence-electron chi connectivity index (χ3n) is 3.74. The van der Waals surface area contributed by atoms with Crippen LogP contribution in [0, 0.1) is 11.2 Å². The molecular formula is C16H19BFNO. The normalized spacial score (nSPS) is 17.9. The van der Waals surface area contributed by atoms with Crippen molar-refractivity contribution in [2.24, 2.45) is 5.41 Å². The standard InChI is InChI=1S/C16H19BFNO/c1-9(7-13(17)16(2,3)4)14-11-8-10(18)5-6-12(11)19-15(14)20/h5-8H,17H2,1-4H3,(H,19,20)/b13-7+,14-9-. The van der Waals surface area contributed by atoms with E-state index in [1.807, 2.05) is 20.8 Å². The fourth-order valence-electron chi connectivity index (χ4n) is 2.14. The summed E-state index contributed by atoms with van der Waals surface area (Å²) in [5.74, 6) is -0.497. The van der Waals surface area contributed by atoms with E-state index in [4.69, 9.17) is 0 Å². The van der Waals surface area contributed by atoms with Crippen molar-refractivity contribution in [3.05, 3.63) is 46.7 Å². The third-order valence-corrected chi connectivity index (χ3v) is 3.74. The van der Waals surface area contributed by atoms with Crippen LogP contribution < -0.4 is 5.32 Å². The fourth-order valence-corrected chi connectivity index (χ4v) is 2.14. The molecule has 0 aromatic heterocycles. The lowest BCUT2D eigenvalue weighted by Gasteiger charge is -2.20. The van der Waals surface area contributed by atoms with E-state index in [1.165, 1.54) is 17.6 Å². The van der Waals surface area contributed by atoms with Gasteiger partial charge >= 0.3 is 0 Å². The average molecular weight is 271 g/mol. The van der Waals surface area contributed by atoms with Crippen LogP contribution in [-0.2, 0) is 4.79 Å². The van der Waals surface area contributed by atoms with Crippen molar-refractivity contribution < 1.29 is 9.18 Å². The maximum absolute atomic E-state index is 13.4. The van der Waals surface area contributed by atoms with Crippen molar-refractivity contribution in [3.8, 4) is 0 Å². The van der Waals surface area contributed by atoms with Crippen molar-refractivity contribution in [2.45, 2.75) is 27.7 Å². The highest BCUT2D eigenvalue weighted by Crippen LogP contribution is 2.35. The van der Waals surface area contributed by atoms with E-state index in [0.29, 0.717) is 16.8 Å².